The van der Waals surface area contributed by atoms with Gasteiger partial charge >= 0.3 is 0 Å². The van der Waals surface area contributed by atoms with Crippen LogP contribution < -0.4 is 10.5 Å². The van der Waals surface area contributed by atoms with Crippen molar-refractivity contribution < 1.29 is 9.18 Å². The van der Waals surface area contributed by atoms with Gasteiger partial charge < -0.3 is 4.90 Å². The van der Waals surface area contributed by atoms with Crippen molar-refractivity contribution in [3.8, 4) is 0 Å². The zero-order valence-corrected chi connectivity index (χ0v) is 17.2. The van der Waals surface area contributed by atoms with Crippen LogP contribution in [0.3, 0.4) is 0 Å². The van der Waals surface area contributed by atoms with E-state index in [-0.39, 0.29) is 35.5 Å². The molecule has 0 aliphatic rings. The standard InChI is InChI=1S/C23H22FN5O2/c1-3-19(16-7-5-4-6-8-16)22(31)28(18-11-9-17(24)10-12-18)14-20-26-23-25-15(2)13-21(30)29(23)27-20/h4-13,19H,3,14H2,1-2H3,(H,25,26,27). The summed E-state index contributed by atoms with van der Waals surface area (Å²) in [5, 5.41) is 2.92. The second kappa shape index (κ2) is 8.51. The molecule has 158 valence electrons. The summed E-state index contributed by atoms with van der Waals surface area (Å²) >= 11 is 0. The quantitative estimate of drug-likeness (QED) is 0.518. The number of hydrogen-bond acceptors (Lipinski definition) is 4. The number of aromatic amines is 1. The third-order valence-electron chi connectivity index (χ3n) is 5.13. The molecular weight excluding hydrogens is 397 g/mol. The molecule has 31 heavy (non-hydrogen) atoms. The normalized spacial score (nSPS) is 12.1. The molecule has 0 radical (unpaired) electrons. The zero-order chi connectivity index (χ0) is 22.0. The van der Waals surface area contributed by atoms with Gasteiger partial charge in [-0.05, 0) is 43.2 Å². The number of aryl methyl sites for hydroxylation is 1. The van der Waals surface area contributed by atoms with E-state index < -0.39 is 0 Å². The van der Waals surface area contributed by atoms with Crippen molar-refractivity contribution in [1.82, 2.24) is 19.6 Å². The smallest absolute Gasteiger partial charge is 0.274 e. The van der Waals surface area contributed by atoms with E-state index in [4.69, 9.17) is 0 Å². The Balaban J connectivity index is 1.74. The van der Waals surface area contributed by atoms with Gasteiger partial charge in [0.15, 0.2) is 0 Å². The number of amides is 1. The maximum absolute atomic E-state index is 13.6. The molecular formula is C23H22FN5O2. The van der Waals surface area contributed by atoms with Crippen molar-refractivity contribution in [3.05, 3.63) is 93.9 Å². The van der Waals surface area contributed by atoms with E-state index in [9.17, 15) is 14.0 Å². The number of nitrogens with one attached hydrogen (secondary N) is 1. The van der Waals surface area contributed by atoms with Gasteiger partial charge in [-0.3, -0.25) is 14.7 Å². The molecule has 7 nitrogen and oxygen atoms in total. The van der Waals surface area contributed by atoms with Gasteiger partial charge in [-0.25, -0.2) is 9.37 Å². The lowest BCUT2D eigenvalue weighted by Gasteiger charge is -2.26. The second-order valence-corrected chi connectivity index (χ2v) is 7.31. The summed E-state index contributed by atoms with van der Waals surface area (Å²) in [6.07, 6.45) is 0.598. The molecule has 0 aliphatic carbocycles. The van der Waals surface area contributed by atoms with Crippen molar-refractivity contribution in [3.63, 3.8) is 0 Å². The number of nitrogens with zero attached hydrogens (tertiary/aromatic N) is 4. The lowest BCUT2D eigenvalue weighted by molar-refractivity contribution is -0.120. The van der Waals surface area contributed by atoms with Crippen molar-refractivity contribution in [2.75, 3.05) is 4.90 Å². The van der Waals surface area contributed by atoms with E-state index in [2.05, 4.69) is 15.1 Å². The third-order valence-corrected chi connectivity index (χ3v) is 5.13. The molecule has 2 aromatic heterocycles. The van der Waals surface area contributed by atoms with Gasteiger partial charge in [-0.1, -0.05) is 37.3 Å². The van der Waals surface area contributed by atoms with Crippen molar-refractivity contribution in [1.29, 1.82) is 0 Å². The second-order valence-electron chi connectivity index (χ2n) is 7.31. The summed E-state index contributed by atoms with van der Waals surface area (Å²) in [5.41, 5.74) is 1.72. The van der Waals surface area contributed by atoms with Crippen molar-refractivity contribution in [2.24, 2.45) is 0 Å². The molecule has 0 saturated heterocycles. The molecule has 0 saturated carbocycles. The highest BCUT2D eigenvalue weighted by Crippen LogP contribution is 2.27. The van der Waals surface area contributed by atoms with Gasteiger partial charge in [0.25, 0.3) is 11.3 Å². The molecule has 0 fully saturated rings. The number of aromatic nitrogens is 4. The summed E-state index contributed by atoms with van der Waals surface area (Å²) in [6.45, 7) is 3.75. The summed E-state index contributed by atoms with van der Waals surface area (Å²) in [6, 6.07) is 16.7. The van der Waals surface area contributed by atoms with Crippen LogP contribution in [0.1, 0.15) is 36.3 Å². The van der Waals surface area contributed by atoms with Crippen LogP contribution in [0.5, 0.6) is 0 Å². The fourth-order valence-electron chi connectivity index (χ4n) is 3.60. The molecule has 4 aromatic rings. The molecule has 1 amide bonds. The monoisotopic (exact) mass is 419 g/mol. The number of anilines is 1. The van der Waals surface area contributed by atoms with Crippen LogP contribution in [0.15, 0.2) is 65.5 Å². The Labute approximate surface area is 178 Å². The summed E-state index contributed by atoms with van der Waals surface area (Å²) in [7, 11) is 0. The maximum Gasteiger partial charge on any atom is 0.274 e. The number of carbonyl (C=O) groups excluding carboxylic acids is 1. The Morgan fingerprint density at radius 3 is 2.52 bits per heavy atom. The van der Waals surface area contributed by atoms with Gasteiger partial charge in [-0.2, -0.15) is 9.50 Å². The van der Waals surface area contributed by atoms with E-state index in [0.717, 1.165) is 5.56 Å². The van der Waals surface area contributed by atoms with Crippen LogP contribution in [0.25, 0.3) is 5.78 Å². The fraction of sp³-hybridized carbons (Fsp3) is 0.217. The summed E-state index contributed by atoms with van der Waals surface area (Å²) in [5.74, 6) is -0.269. The molecule has 8 heteroatoms. The van der Waals surface area contributed by atoms with Gasteiger partial charge in [0, 0.05) is 17.4 Å². The van der Waals surface area contributed by atoms with Crippen LogP contribution in [-0.4, -0.2) is 25.5 Å². The van der Waals surface area contributed by atoms with Gasteiger partial charge in [0.1, 0.15) is 11.6 Å². The molecule has 2 heterocycles. The maximum atomic E-state index is 13.6. The van der Waals surface area contributed by atoms with E-state index in [0.29, 0.717) is 23.6 Å². The van der Waals surface area contributed by atoms with Crippen LogP contribution in [0, 0.1) is 12.7 Å². The average molecular weight is 419 g/mol. The number of carbonyl (C=O) groups is 1. The number of fused-ring (bicyclic) bond motifs is 1. The van der Waals surface area contributed by atoms with Crippen LogP contribution >= 0.6 is 0 Å². The first-order valence-electron chi connectivity index (χ1n) is 10.0. The van der Waals surface area contributed by atoms with Crippen LogP contribution in [-0.2, 0) is 11.3 Å². The lowest BCUT2D eigenvalue weighted by Crippen LogP contribution is -2.35. The Hall–Kier alpha value is -3.81. The van der Waals surface area contributed by atoms with E-state index >= 15 is 0 Å². The first kappa shape index (κ1) is 20.5. The van der Waals surface area contributed by atoms with Crippen molar-refractivity contribution in [2.45, 2.75) is 32.7 Å². The molecule has 2 aromatic carbocycles. The summed E-state index contributed by atoms with van der Waals surface area (Å²) in [4.78, 5) is 36.0. The first-order valence-corrected chi connectivity index (χ1v) is 10.0. The highest BCUT2D eigenvalue weighted by Gasteiger charge is 2.27. The third kappa shape index (κ3) is 4.23. The molecule has 0 aliphatic heterocycles. The number of rotatable bonds is 6. The summed E-state index contributed by atoms with van der Waals surface area (Å²) < 4.78 is 14.8. The predicted molar refractivity (Wildman–Crippen MR) is 115 cm³/mol. The minimum atomic E-state index is -0.388. The highest BCUT2D eigenvalue weighted by molar-refractivity contribution is 5.97. The zero-order valence-electron chi connectivity index (χ0n) is 17.2. The van der Waals surface area contributed by atoms with Gasteiger partial charge in [0.2, 0.25) is 5.91 Å². The van der Waals surface area contributed by atoms with Gasteiger partial charge in [-0.15, -0.1) is 0 Å². The molecule has 0 spiro atoms. The number of benzene rings is 2. The number of H-pyrrole nitrogens is 1. The van der Waals surface area contributed by atoms with Crippen LogP contribution in [0.4, 0.5) is 10.1 Å². The average Bonchev–Trinajstić information content (AvgIpc) is 3.17. The first-order chi connectivity index (χ1) is 15.0. The molecule has 1 unspecified atom stereocenters. The Morgan fingerprint density at radius 2 is 1.84 bits per heavy atom. The van der Waals surface area contributed by atoms with Gasteiger partial charge in [0.05, 0.1) is 12.5 Å². The number of halogens is 1. The van der Waals surface area contributed by atoms with E-state index in [1.54, 1.807) is 24.0 Å². The fourth-order valence-corrected chi connectivity index (χ4v) is 3.60. The Bertz CT molecular complexity index is 1260. The number of hydrogen-bond donors (Lipinski definition) is 1. The minimum Gasteiger partial charge on any atom is -0.304 e. The van der Waals surface area contributed by atoms with E-state index in [1.807, 2.05) is 37.3 Å². The van der Waals surface area contributed by atoms with Crippen molar-refractivity contribution >= 4 is 17.4 Å². The molecule has 1 N–H and O–H groups in total. The predicted octanol–water partition coefficient (Wildman–Crippen LogP) is 3.59. The molecule has 4 rings (SSSR count). The largest absolute Gasteiger partial charge is 0.304 e. The Morgan fingerprint density at radius 1 is 1.13 bits per heavy atom. The van der Waals surface area contributed by atoms with E-state index in [1.165, 1.54) is 22.7 Å². The Kier molecular flexibility index (Phi) is 5.62. The SMILES string of the molecule is CCC(C(=O)N(Cc1nc2nc(C)cc(=O)n2[nH]1)c1ccc(F)cc1)c1ccccc1. The minimum absolute atomic E-state index is 0.0790. The highest BCUT2D eigenvalue weighted by atomic mass is 19.1. The topological polar surface area (TPSA) is 83.4 Å². The van der Waals surface area contributed by atoms with Crippen LogP contribution in [0.2, 0.25) is 0 Å². The lowest BCUT2D eigenvalue weighted by atomic mass is 9.94. The molecule has 0 bridgehead atoms. The molecule has 1 atom stereocenters.